The molecule has 0 bridgehead atoms. The van der Waals surface area contributed by atoms with Gasteiger partial charge in [0.25, 0.3) is 0 Å². The van der Waals surface area contributed by atoms with Gasteiger partial charge in [0.15, 0.2) is 0 Å². The topological polar surface area (TPSA) is 40.5 Å². The van der Waals surface area contributed by atoms with Gasteiger partial charge in [-0.15, -0.1) is 0 Å². The van der Waals surface area contributed by atoms with Crippen molar-refractivity contribution in [2.75, 3.05) is 0 Å². The van der Waals surface area contributed by atoms with Crippen LogP contribution in [0.1, 0.15) is 91.9 Å². The Morgan fingerprint density at radius 2 is 1.93 bits per heavy atom. The number of alkyl halides is 1. The molecule has 3 fully saturated rings. The van der Waals surface area contributed by atoms with Crippen LogP contribution >= 0.6 is 0 Å². The zero-order valence-electron chi connectivity index (χ0n) is 19.6. The number of hydrogen-bond donors (Lipinski definition) is 2. The van der Waals surface area contributed by atoms with Crippen molar-refractivity contribution >= 4 is 0 Å². The van der Waals surface area contributed by atoms with Crippen LogP contribution in [0.15, 0.2) is 35.5 Å². The molecular formula is C27H43FO2. The summed E-state index contributed by atoms with van der Waals surface area (Å²) < 4.78 is 14.3. The summed E-state index contributed by atoms with van der Waals surface area (Å²) in [6, 6.07) is 0. The van der Waals surface area contributed by atoms with E-state index in [0.29, 0.717) is 29.6 Å². The molecule has 0 aromatic carbocycles. The van der Waals surface area contributed by atoms with Crippen molar-refractivity contribution < 1.29 is 14.6 Å². The summed E-state index contributed by atoms with van der Waals surface area (Å²) in [7, 11) is 0. The highest BCUT2D eigenvalue weighted by Gasteiger charge is 2.50. The van der Waals surface area contributed by atoms with Gasteiger partial charge in [-0.05, 0) is 107 Å². The van der Waals surface area contributed by atoms with Gasteiger partial charge < -0.3 is 10.2 Å². The number of allylic oxidation sites excluding steroid dienone is 4. The molecule has 0 spiro atoms. The maximum absolute atomic E-state index is 14.3. The Kier molecular flexibility index (Phi) is 7.34. The molecule has 2 nitrogen and oxygen atoms in total. The van der Waals surface area contributed by atoms with Crippen molar-refractivity contribution in [3.63, 3.8) is 0 Å². The molecule has 0 saturated heterocycles. The first kappa shape index (κ1) is 23.7. The van der Waals surface area contributed by atoms with Gasteiger partial charge in [-0.2, -0.15) is 0 Å². The Morgan fingerprint density at radius 3 is 2.63 bits per heavy atom. The lowest BCUT2D eigenvalue weighted by Gasteiger charge is -2.44. The summed E-state index contributed by atoms with van der Waals surface area (Å²) in [5, 5.41) is 19.9. The third kappa shape index (κ3) is 5.10. The van der Waals surface area contributed by atoms with E-state index in [-0.39, 0.29) is 6.10 Å². The van der Waals surface area contributed by atoms with Crippen molar-refractivity contribution in [2.24, 2.45) is 23.2 Å². The molecule has 0 radical (unpaired) electrons. The second-order valence-electron chi connectivity index (χ2n) is 11.2. The van der Waals surface area contributed by atoms with Crippen LogP contribution in [0, 0.1) is 23.2 Å². The minimum atomic E-state index is -1.24. The Balaban J connectivity index is 1.69. The predicted molar refractivity (Wildman–Crippen MR) is 123 cm³/mol. The van der Waals surface area contributed by atoms with Crippen molar-refractivity contribution in [1.82, 2.24) is 0 Å². The van der Waals surface area contributed by atoms with E-state index in [9.17, 15) is 14.6 Å². The lowest BCUT2D eigenvalue weighted by atomic mass is 9.60. The number of aliphatic hydroxyl groups excluding tert-OH is 1. The van der Waals surface area contributed by atoms with Gasteiger partial charge >= 0.3 is 0 Å². The van der Waals surface area contributed by atoms with Crippen molar-refractivity contribution in [2.45, 2.75) is 110 Å². The number of rotatable bonds is 6. The lowest BCUT2D eigenvalue weighted by Crippen LogP contribution is -2.37. The minimum Gasteiger partial charge on any atom is -0.393 e. The van der Waals surface area contributed by atoms with E-state index in [1.165, 1.54) is 43.3 Å². The standard InChI is InChI=1S/C27H43FO2/c1-18-8-12-22(29)17-21(18)11-10-20-7-6-16-27(5)23(13-14-24(20)27)19(2)9-15-25(28)26(3,4)30/h10-11,19,22-25,29-30H,1,6-9,12-17H2,2-5H3/b20-10?,21-11-/t19-,22+,23-,24?,25?,27-/m1/s1. The minimum absolute atomic E-state index is 0.225. The molecule has 0 aromatic rings. The molecule has 170 valence electrons. The summed E-state index contributed by atoms with van der Waals surface area (Å²) in [5.74, 6) is 1.72. The van der Waals surface area contributed by atoms with Gasteiger partial charge in [-0.3, -0.25) is 0 Å². The van der Waals surface area contributed by atoms with Gasteiger partial charge in [-0.1, -0.05) is 43.7 Å². The summed E-state index contributed by atoms with van der Waals surface area (Å²) >= 11 is 0. The summed E-state index contributed by atoms with van der Waals surface area (Å²) in [6.07, 6.45) is 13.1. The third-order valence-electron chi connectivity index (χ3n) is 8.55. The van der Waals surface area contributed by atoms with Crippen LogP contribution in [-0.2, 0) is 0 Å². The zero-order chi connectivity index (χ0) is 22.1. The number of aliphatic hydroxyl groups is 2. The van der Waals surface area contributed by atoms with Gasteiger partial charge in [0.2, 0.25) is 0 Å². The van der Waals surface area contributed by atoms with Crippen molar-refractivity contribution in [3.05, 3.63) is 35.5 Å². The second-order valence-corrected chi connectivity index (χ2v) is 11.2. The summed E-state index contributed by atoms with van der Waals surface area (Å²) in [6.45, 7) is 12.1. The quantitative estimate of drug-likeness (QED) is 0.505. The molecule has 3 heteroatoms. The van der Waals surface area contributed by atoms with E-state index in [2.05, 4.69) is 32.6 Å². The van der Waals surface area contributed by atoms with Crippen LogP contribution < -0.4 is 0 Å². The van der Waals surface area contributed by atoms with Gasteiger partial charge in [0.1, 0.15) is 6.17 Å². The number of fused-ring (bicyclic) bond motifs is 1. The molecule has 2 N–H and O–H groups in total. The molecule has 6 atom stereocenters. The molecule has 2 unspecified atom stereocenters. The Bertz CT molecular complexity index is 685. The Hall–Kier alpha value is -0.930. The highest BCUT2D eigenvalue weighted by atomic mass is 19.1. The Morgan fingerprint density at radius 1 is 1.20 bits per heavy atom. The fourth-order valence-corrected chi connectivity index (χ4v) is 6.57. The first-order valence-corrected chi connectivity index (χ1v) is 12.1. The predicted octanol–water partition coefficient (Wildman–Crippen LogP) is 6.68. The maximum atomic E-state index is 14.3. The fraction of sp³-hybridized carbons (Fsp3) is 0.778. The van der Waals surface area contributed by atoms with E-state index in [1.807, 2.05) is 0 Å². The van der Waals surface area contributed by atoms with E-state index >= 15 is 0 Å². The van der Waals surface area contributed by atoms with E-state index in [4.69, 9.17) is 0 Å². The molecule has 30 heavy (non-hydrogen) atoms. The second kappa shape index (κ2) is 9.28. The van der Waals surface area contributed by atoms with Gasteiger partial charge in [0.05, 0.1) is 11.7 Å². The van der Waals surface area contributed by atoms with Crippen molar-refractivity contribution in [3.8, 4) is 0 Å². The monoisotopic (exact) mass is 418 g/mol. The average molecular weight is 419 g/mol. The van der Waals surface area contributed by atoms with Gasteiger partial charge in [0, 0.05) is 0 Å². The van der Waals surface area contributed by atoms with E-state index < -0.39 is 11.8 Å². The van der Waals surface area contributed by atoms with Crippen LogP contribution in [0.4, 0.5) is 4.39 Å². The van der Waals surface area contributed by atoms with Crippen LogP contribution in [0.2, 0.25) is 0 Å². The number of hydrogen-bond acceptors (Lipinski definition) is 2. The first-order chi connectivity index (χ1) is 14.0. The van der Waals surface area contributed by atoms with Crippen LogP contribution in [0.3, 0.4) is 0 Å². The highest BCUT2D eigenvalue weighted by Crippen LogP contribution is 2.60. The molecular weight excluding hydrogens is 375 g/mol. The first-order valence-electron chi connectivity index (χ1n) is 12.1. The van der Waals surface area contributed by atoms with Crippen molar-refractivity contribution in [1.29, 1.82) is 0 Å². The SMILES string of the molecule is C=C1CC[C@H](O)C/C1=C/C=C1CCC[C@@]2(C)C1CC[C@@H]2[C@H](C)CCC(F)C(C)(C)O. The van der Waals surface area contributed by atoms with Gasteiger partial charge in [-0.25, -0.2) is 4.39 Å². The molecule has 0 amide bonds. The fourth-order valence-electron chi connectivity index (χ4n) is 6.57. The molecule has 0 aliphatic heterocycles. The van der Waals surface area contributed by atoms with Crippen LogP contribution in [0.5, 0.6) is 0 Å². The molecule has 3 aliphatic carbocycles. The maximum Gasteiger partial charge on any atom is 0.128 e. The molecule has 3 aliphatic rings. The lowest BCUT2D eigenvalue weighted by molar-refractivity contribution is -0.0119. The third-order valence-corrected chi connectivity index (χ3v) is 8.55. The average Bonchev–Trinajstić information content (AvgIpc) is 3.03. The molecule has 3 saturated carbocycles. The summed E-state index contributed by atoms with van der Waals surface area (Å²) in [4.78, 5) is 0. The Labute approximate surface area is 183 Å². The van der Waals surface area contributed by atoms with E-state index in [1.54, 1.807) is 19.4 Å². The number of halogens is 1. The van der Waals surface area contributed by atoms with Crippen LogP contribution in [-0.4, -0.2) is 28.1 Å². The molecule has 3 rings (SSSR count). The molecule has 0 aromatic heterocycles. The largest absolute Gasteiger partial charge is 0.393 e. The van der Waals surface area contributed by atoms with E-state index in [0.717, 1.165) is 25.7 Å². The smallest absolute Gasteiger partial charge is 0.128 e. The normalized spacial score (nSPS) is 37.4. The molecule has 0 heterocycles. The zero-order valence-corrected chi connectivity index (χ0v) is 19.6. The summed E-state index contributed by atoms with van der Waals surface area (Å²) in [5.41, 5.74) is 3.02. The highest BCUT2D eigenvalue weighted by molar-refractivity contribution is 5.36. The van der Waals surface area contributed by atoms with Crippen LogP contribution in [0.25, 0.3) is 0 Å².